The number of H-pyrrole nitrogens is 1. The summed E-state index contributed by atoms with van der Waals surface area (Å²) in [5.41, 5.74) is 3.83. The number of aryl methyl sites for hydroxylation is 1. The molecule has 0 spiro atoms. The average molecular weight is 374 g/mol. The van der Waals surface area contributed by atoms with E-state index in [-0.39, 0.29) is 11.6 Å². The van der Waals surface area contributed by atoms with E-state index in [1.165, 1.54) is 12.7 Å². The SMILES string of the molecule is COC(=O)c1nc(-c2ccccc2)oc1Nc1cc(-c2ccc(C)cc2)[nH]n1. The fourth-order valence-corrected chi connectivity index (χ4v) is 2.73. The highest BCUT2D eigenvalue weighted by Gasteiger charge is 2.22. The number of esters is 1. The van der Waals surface area contributed by atoms with Crippen molar-refractivity contribution in [2.24, 2.45) is 0 Å². The molecule has 0 unspecified atom stereocenters. The third kappa shape index (κ3) is 3.50. The van der Waals surface area contributed by atoms with Crippen LogP contribution in [0.5, 0.6) is 0 Å². The zero-order valence-electron chi connectivity index (χ0n) is 15.4. The topological polar surface area (TPSA) is 93.0 Å². The Morgan fingerprint density at radius 3 is 2.54 bits per heavy atom. The van der Waals surface area contributed by atoms with Crippen molar-refractivity contribution < 1.29 is 13.9 Å². The van der Waals surface area contributed by atoms with Crippen molar-refractivity contribution in [2.75, 3.05) is 12.4 Å². The summed E-state index contributed by atoms with van der Waals surface area (Å²) < 4.78 is 10.6. The number of oxazole rings is 1. The second-order valence-corrected chi connectivity index (χ2v) is 6.21. The first-order valence-electron chi connectivity index (χ1n) is 8.68. The monoisotopic (exact) mass is 374 g/mol. The number of aromatic nitrogens is 3. The highest BCUT2D eigenvalue weighted by molar-refractivity contribution is 5.93. The van der Waals surface area contributed by atoms with Crippen molar-refractivity contribution in [3.05, 3.63) is 71.9 Å². The van der Waals surface area contributed by atoms with Gasteiger partial charge in [0.15, 0.2) is 5.82 Å². The molecule has 4 rings (SSSR count). The van der Waals surface area contributed by atoms with Gasteiger partial charge in [-0.05, 0) is 24.6 Å². The number of hydrogen-bond donors (Lipinski definition) is 2. The van der Waals surface area contributed by atoms with Gasteiger partial charge in [-0.3, -0.25) is 5.10 Å². The number of rotatable bonds is 5. The molecule has 0 aliphatic rings. The van der Waals surface area contributed by atoms with E-state index in [1.807, 2.05) is 67.6 Å². The van der Waals surface area contributed by atoms with E-state index < -0.39 is 5.97 Å². The summed E-state index contributed by atoms with van der Waals surface area (Å²) in [5.74, 6) is 0.393. The zero-order chi connectivity index (χ0) is 19.5. The molecule has 0 saturated carbocycles. The van der Waals surface area contributed by atoms with Crippen molar-refractivity contribution >= 4 is 17.7 Å². The molecular weight excluding hydrogens is 356 g/mol. The number of methoxy groups -OCH3 is 1. The minimum atomic E-state index is -0.595. The number of aromatic amines is 1. The number of carbonyl (C=O) groups excluding carboxylic acids is 1. The molecule has 0 radical (unpaired) electrons. The second-order valence-electron chi connectivity index (χ2n) is 6.21. The van der Waals surface area contributed by atoms with E-state index in [4.69, 9.17) is 9.15 Å². The number of benzene rings is 2. The van der Waals surface area contributed by atoms with Crippen LogP contribution in [-0.2, 0) is 4.74 Å². The van der Waals surface area contributed by atoms with Gasteiger partial charge in [-0.1, -0.05) is 48.0 Å². The molecule has 7 heteroatoms. The second kappa shape index (κ2) is 7.40. The van der Waals surface area contributed by atoms with Crippen LogP contribution in [0.1, 0.15) is 16.1 Å². The van der Waals surface area contributed by atoms with Crippen LogP contribution in [0.4, 0.5) is 11.7 Å². The molecule has 2 aromatic heterocycles. The first-order valence-corrected chi connectivity index (χ1v) is 8.68. The maximum Gasteiger partial charge on any atom is 0.362 e. The number of carbonyl (C=O) groups is 1. The van der Waals surface area contributed by atoms with Gasteiger partial charge in [-0.2, -0.15) is 10.1 Å². The third-order valence-corrected chi connectivity index (χ3v) is 4.21. The Balaban J connectivity index is 1.65. The van der Waals surface area contributed by atoms with Crippen LogP contribution in [0.3, 0.4) is 0 Å². The highest BCUT2D eigenvalue weighted by atomic mass is 16.5. The smallest absolute Gasteiger partial charge is 0.362 e. The maximum absolute atomic E-state index is 12.1. The lowest BCUT2D eigenvalue weighted by atomic mass is 10.1. The first-order chi connectivity index (χ1) is 13.6. The van der Waals surface area contributed by atoms with E-state index in [2.05, 4.69) is 20.5 Å². The summed E-state index contributed by atoms with van der Waals surface area (Å²) >= 11 is 0. The van der Waals surface area contributed by atoms with Crippen molar-refractivity contribution in [3.63, 3.8) is 0 Å². The number of nitrogens with one attached hydrogen (secondary N) is 2. The van der Waals surface area contributed by atoms with Gasteiger partial charge < -0.3 is 14.5 Å². The molecule has 28 heavy (non-hydrogen) atoms. The Hall–Kier alpha value is -3.87. The average Bonchev–Trinajstić information content (AvgIpc) is 3.36. The summed E-state index contributed by atoms with van der Waals surface area (Å²) in [5, 5.41) is 10.2. The van der Waals surface area contributed by atoms with E-state index in [0.717, 1.165) is 16.8 Å². The molecule has 2 heterocycles. The van der Waals surface area contributed by atoms with Crippen molar-refractivity contribution in [1.82, 2.24) is 15.2 Å². The van der Waals surface area contributed by atoms with Gasteiger partial charge in [0, 0.05) is 11.6 Å². The van der Waals surface area contributed by atoms with Crippen molar-refractivity contribution in [3.8, 4) is 22.7 Å². The fraction of sp³-hybridized carbons (Fsp3) is 0.0952. The molecule has 0 atom stereocenters. The predicted octanol–water partition coefficient (Wildman–Crippen LogP) is 4.57. The van der Waals surface area contributed by atoms with E-state index in [0.29, 0.717) is 11.7 Å². The van der Waals surface area contributed by atoms with Crippen LogP contribution in [0, 0.1) is 6.92 Å². The molecule has 0 aliphatic carbocycles. The molecular formula is C21H18N4O3. The molecule has 140 valence electrons. The summed E-state index contributed by atoms with van der Waals surface area (Å²) in [6, 6.07) is 19.2. The minimum absolute atomic E-state index is 0.0567. The van der Waals surface area contributed by atoms with Gasteiger partial charge in [0.2, 0.25) is 17.5 Å². The molecule has 0 amide bonds. The van der Waals surface area contributed by atoms with Crippen LogP contribution in [0.2, 0.25) is 0 Å². The maximum atomic E-state index is 12.1. The van der Waals surface area contributed by atoms with E-state index in [1.54, 1.807) is 0 Å². The van der Waals surface area contributed by atoms with Gasteiger partial charge in [-0.15, -0.1) is 0 Å². The Morgan fingerprint density at radius 1 is 1.07 bits per heavy atom. The summed E-state index contributed by atoms with van der Waals surface area (Å²) in [6.07, 6.45) is 0. The normalized spacial score (nSPS) is 10.6. The van der Waals surface area contributed by atoms with Gasteiger partial charge in [-0.25, -0.2) is 4.79 Å². The molecule has 0 fully saturated rings. The lowest BCUT2D eigenvalue weighted by molar-refractivity contribution is 0.0595. The molecule has 2 aromatic carbocycles. The van der Waals surface area contributed by atoms with Crippen LogP contribution in [-0.4, -0.2) is 28.3 Å². The van der Waals surface area contributed by atoms with Crippen LogP contribution >= 0.6 is 0 Å². The van der Waals surface area contributed by atoms with Crippen LogP contribution in [0.25, 0.3) is 22.7 Å². The van der Waals surface area contributed by atoms with Crippen molar-refractivity contribution in [2.45, 2.75) is 6.92 Å². The molecule has 0 saturated heterocycles. The van der Waals surface area contributed by atoms with E-state index >= 15 is 0 Å². The lowest BCUT2D eigenvalue weighted by Crippen LogP contribution is -2.05. The predicted molar refractivity (Wildman–Crippen MR) is 105 cm³/mol. The first kappa shape index (κ1) is 17.5. The minimum Gasteiger partial charge on any atom is -0.464 e. The molecule has 0 aliphatic heterocycles. The van der Waals surface area contributed by atoms with Gasteiger partial charge >= 0.3 is 5.97 Å². The number of anilines is 2. The molecule has 2 N–H and O–H groups in total. The quantitative estimate of drug-likeness (QED) is 0.497. The van der Waals surface area contributed by atoms with Gasteiger partial charge in [0.1, 0.15) is 0 Å². The Bertz CT molecular complexity index is 1100. The highest BCUT2D eigenvalue weighted by Crippen LogP contribution is 2.29. The van der Waals surface area contributed by atoms with Crippen LogP contribution < -0.4 is 5.32 Å². The fourth-order valence-electron chi connectivity index (χ4n) is 2.73. The molecule has 7 nitrogen and oxygen atoms in total. The summed E-state index contributed by atoms with van der Waals surface area (Å²) in [6.45, 7) is 2.03. The largest absolute Gasteiger partial charge is 0.464 e. The Labute approximate surface area is 161 Å². The van der Waals surface area contributed by atoms with Gasteiger partial charge in [0.25, 0.3) is 0 Å². The van der Waals surface area contributed by atoms with Crippen LogP contribution in [0.15, 0.2) is 65.1 Å². The standard InChI is InChI=1S/C21H18N4O3/c1-13-8-10-14(11-9-13)16-12-17(25-24-16)22-20-18(21(26)27-2)23-19(28-20)15-6-4-3-5-7-15/h3-12H,1-2H3,(H2,22,24,25). The Kier molecular flexibility index (Phi) is 4.63. The zero-order valence-corrected chi connectivity index (χ0v) is 15.4. The number of nitrogens with zero attached hydrogens (tertiary/aromatic N) is 2. The molecule has 4 aromatic rings. The van der Waals surface area contributed by atoms with Gasteiger partial charge in [0.05, 0.1) is 12.8 Å². The number of hydrogen-bond acceptors (Lipinski definition) is 6. The lowest BCUT2D eigenvalue weighted by Gasteiger charge is -2.00. The molecule has 0 bridgehead atoms. The summed E-state index contributed by atoms with van der Waals surface area (Å²) in [7, 11) is 1.30. The van der Waals surface area contributed by atoms with E-state index in [9.17, 15) is 4.79 Å². The Morgan fingerprint density at radius 2 is 1.82 bits per heavy atom. The third-order valence-electron chi connectivity index (χ3n) is 4.21. The summed E-state index contributed by atoms with van der Waals surface area (Å²) in [4.78, 5) is 16.4. The van der Waals surface area contributed by atoms with Crippen molar-refractivity contribution in [1.29, 1.82) is 0 Å². The number of ether oxygens (including phenoxy) is 1.